The number of ketones is 1. The Morgan fingerprint density at radius 2 is 1.86 bits per heavy atom. The second kappa shape index (κ2) is 7.33. The molecule has 5 heteroatoms. The molecular formula is C24H38O5. The summed E-state index contributed by atoms with van der Waals surface area (Å²) in [5.74, 6) is 0.855. The van der Waals surface area contributed by atoms with Gasteiger partial charge in [0.2, 0.25) is 0 Å². The van der Waals surface area contributed by atoms with E-state index < -0.39 is 17.5 Å². The molecule has 164 valence electrons. The minimum absolute atomic E-state index is 0.0348. The predicted molar refractivity (Wildman–Crippen MR) is 109 cm³/mol. The summed E-state index contributed by atoms with van der Waals surface area (Å²) < 4.78 is 0. The summed E-state index contributed by atoms with van der Waals surface area (Å²) in [6.45, 7) is 6.54. The lowest BCUT2D eigenvalue weighted by molar-refractivity contribution is -0.181. The Morgan fingerprint density at radius 3 is 2.55 bits per heavy atom. The van der Waals surface area contributed by atoms with Gasteiger partial charge in [0.15, 0.2) is 0 Å². The average Bonchev–Trinajstić information content (AvgIpc) is 3.01. The van der Waals surface area contributed by atoms with Crippen LogP contribution < -0.4 is 0 Å². The molecule has 4 aliphatic rings. The normalized spacial score (nSPS) is 50.4. The summed E-state index contributed by atoms with van der Waals surface area (Å²) in [7, 11) is 0. The third-order valence-electron chi connectivity index (χ3n) is 10.1. The molecule has 5 nitrogen and oxygen atoms in total. The number of carboxylic acid groups (broad SMARTS) is 1. The van der Waals surface area contributed by atoms with Crippen LogP contribution in [0, 0.1) is 46.3 Å². The Balaban J connectivity index is 1.62. The second-order valence-electron chi connectivity index (χ2n) is 11.2. The number of aliphatic hydroxyl groups is 2. The number of hydrogen-bond donors (Lipinski definition) is 3. The summed E-state index contributed by atoms with van der Waals surface area (Å²) in [6.07, 6.45) is 5.82. The number of carbonyl (C=O) groups excluding carboxylic acids is 1. The van der Waals surface area contributed by atoms with E-state index in [1.165, 1.54) is 0 Å². The summed E-state index contributed by atoms with van der Waals surface area (Å²) in [4.78, 5) is 24.7. The molecule has 0 heterocycles. The predicted octanol–water partition coefficient (Wildman–Crippen LogP) is 3.66. The van der Waals surface area contributed by atoms with Crippen LogP contribution in [-0.4, -0.2) is 39.3 Å². The molecule has 0 aromatic carbocycles. The molecular weight excluding hydrogens is 368 g/mol. The van der Waals surface area contributed by atoms with Crippen molar-refractivity contribution in [2.45, 2.75) is 90.8 Å². The molecule has 0 amide bonds. The molecule has 10 atom stereocenters. The lowest BCUT2D eigenvalue weighted by Gasteiger charge is -2.61. The highest BCUT2D eigenvalue weighted by atomic mass is 16.4. The standard InChI is InChI=1S/C24H38O5/c1-13(4-7-21(28)29)16-5-6-17-22-18(12-20(27)24(16,17)3)23(2)9-8-15(25)10-14(23)11-19(22)26/h13-19,22,25-26H,4-12H2,1-3H3,(H,28,29)/t13-,14-,15+,16+,17+,18+,19+,22+,23-,24+/m0/s1. The molecule has 0 spiro atoms. The molecule has 0 radical (unpaired) electrons. The zero-order valence-electron chi connectivity index (χ0n) is 18.1. The van der Waals surface area contributed by atoms with Gasteiger partial charge in [0.25, 0.3) is 0 Å². The highest BCUT2D eigenvalue weighted by molar-refractivity contribution is 5.87. The van der Waals surface area contributed by atoms with Crippen molar-refractivity contribution in [2.24, 2.45) is 46.3 Å². The van der Waals surface area contributed by atoms with Crippen molar-refractivity contribution < 1.29 is 24.9 Å². The van der Waals surface area contributed by atoms with Crippen molar-refractivity contribution in [1.29, 1.82) is 0 Å². The van der Waals surface area contributed by atoms with Crippen molar-refractivity contribution in [1.82, 2.24) is 0 Å². The summed E-state index contributed by atoms with van der Waals surface area (Å²) >= 11 is 0. The number of rotatable bonds is 4. The monoisotopic (exact) mass is 406 g/mol. The first-order chi connectivity index (χ1) is 13.6. The zero-order valence-corrected chi connectivity index (χ0v) is 18.1. The highest BCUT2D eigenvalue weighted by Gasteiger charge is 2.65. The number of carbonyl (C=O) groups is 2. The first-order valence-electron chi connectivity index (χ1n) is 11.7. The van der Waals surface area contributed by atoms with Gasteiger partial charge in [-0.25, -0.2) is 0 Å². The molecule has 0 bridgehead atoms. The number of aliphatic hydroxyl groups excluding tert-OH is 2. The van der Waals surface area contributed by atoms with E-state index in [-0.39, 0.29) is 47.5 Å². The average molecular weight is 407 g/mol. The van der Waals surface area contributed by atoms with Gasteiger partial charge in [-0.05, 0) is 85.9 Å². The fourth-order valence-electron chi connectivity index (χ4n) is 8.41. The topological polar surface area (TPSA) is 94.8 Å². The smallest absolute Gasteiger partial charge is 0.303 e. The van der Waals surface area contributed by atoms with Crippen molar-refractivity contribution in [3.63, 3.8) is 0 Å². The second-order valence-corrected chi connectivity index (χ2v) is 11.2. The fraction of sp³-hybridized carbons (Fsp3) is 0.917. The quantitative estimate of drug-likeness (QED) is 0.662. The Bertz CT molecular complexity index is 676. The molecule has 0 saturated heterocycles. The number of aliphatic carboxylic acids is 1. The molecule has 0 aliphatic heterocycles. The summed E-state index contributed by atoms with van der Waals surface area (Å²) in [5, 5.41) is 30.5. The number of hydrogen-bond acceptors (Lipinski definition) is 4. The van der Waals surface area contributed by atoms with Gasteiger partial charge in [-0.15, -0.1) is 0 Å². The first-order valence-corrected chi connectivity index (χ1v) is 11.7. The van der Waals surface area contributed by atoms with E-state index in [0.29, 0.717) is 24.5 Å². The van der Waals surface area contributed by atoms with Crippen LogP contribution in [0.5, 0.6) is 0 Å². The Morgan fingerprint density at radius 1 is 1.14 bits per heavy atom. The van der Waals surface area contributed by atoms with Crippen LogP contribution in [0.2, 0.25) is 0 Å². The lowest BCUT2D eigenvalue weighted by atomic mass is 9.43. The molecule has 0 unspecified atom stereocenters. The maximum Gasteiger partial charge on any atom is 0.303 e. The van der Waals surface area contributed by atoms with Crippen molar-refractivity contribution >= 4 is 11.8 Å². The fourth-order valence-corrected chi connectivity index (χ4v) is 8.41. The van der Waals surface area contributed by atoms with E-state index in [1.54, 1.807) is 0 Å². The minimum Gasteiger partial charge on any atom is -0.481 e. The number of carboxylic acids is 1. The van der Waals surface area contributed by atoms with Crippen LogP contribution in [0.25, 0.3) is 0 Å². The Labute approximate surface area is 174 Å². The van der Waals surface area contributed by atoms with Gasteiger partial charge < -0.3 is 15.3 Å². The molecule has 0 aromatic rings. The van der Waals surface area contributed by atoms with Crippen LogP contribution in [-0.2, 0) is 9.59 Å². The van der Waals surface area contributed by atoms with Crippen LogP contribution in [0.4, 0.5) is 0 Å². The van der Waals surface area contributed by atoms with Crippen molar-refractivity contribution in [3.8, 4) is 0 Å². The third kappa shape index (κ3) is 3.18. The summed E-state index contributed by atoms with van der Waals surface area (Å²) in [5.41, 5.74) is -0.398. The maximum absolute atomic E-state index is 13.6. The number of fused-ring (bicyclic) bond motifs is 5. The van der Waals surface area contributed by atoms with Gasteiger partial charge in [-0.1, -0.05) is 20.8 Å². The molecule has 29 heavy (non-hydrogen) atoms. The van der Waals surface area contributed by atoms with Gasteiger partial charge in [-0.2, -0.15) is 0 Å². The zero-order chi connectivity index (χ0) is 21.1. The van der Waals surface area contributed by atoms with E-state index in [9.17, 15) is 19.8 Å². The molecule has 4 saturated carbocycles. The molecule has 4 aliphatic carbocycles. The van der Waals surface area contributed by atoms with E-state index >= 15 is 0 Å². The van der Waals surface area contributed by atoms with Gasteiger partial charge in [-0.3, -0.25) is 9.59 Å². The van der Waals surface area contributed by atoms with Crippen LogP contribution >= 0.6 is 0 Å². The van der Waals surface area contributed by atoms with Crippen molar-refractivity contribution in [2.75, 3.05) is 0 Å². The van der Waals surface area contributed by atoms with Crippen LogP contribution in [0.1, 0.15) is 78.6 Å². The molecule has 4 rings (SSSR count). The minimum atomic E-state index is -0.771. The largest absolute Gasteiger partial charge is 0.481 e. The van der Waals surface area contributed by atoms with Gasteiger partial charge >= 0.3 is 5.97 Å². The maximum atomic E-state index is 13.6. The Hall–Kier alpha value is -0.940. The van der Waals surface area contributed by atoms with E-state index in [4.69, 9.17) is 5.11 Å². The number of Topliss-reactive ketones (excluding diaryl/α,β-unsaturated/α-hetero) is 1. The van der Waals surface area contributed by atoms with Crippen LogP contribution in [0.15, 0.2) is 0 Å². The lowest BCUT2D eigenvalue weighted by Crippen LogP contribution is -2.61. The van der Waals surface area contributed by atoms with E-state index in [1.807, 2.05) is 0 Å². The highest BCUT2D eigenvalue weighted by Crippen LogP contribution is 2.67. The summed E-state index contributed by atoms with van der Waals surface area (Å²) in [6, 6.07) is 0. The van der Waals surface area contributed by atoms with Crippen molar-refractivity contribution in [3.05, 3.63) is 0 Å². The molecule has 3 N–H and O–H groups in total. The molecule has 0 aromatic heterocycles. The first kappa shape index (κ1) is 21.3. The molecule has 4 fully saturated rings. The SMILES string of the molecule is C[C@@H](CCC(=O)O)[C@H]1CC[C@@H]2[C@H]3[C@H](O)C[C@@H]4C[C@H](O)CC[C@]4(C)[C@@H]3CC(=O)[C@@]21C. The van der Waals surface area contributed by atoms with Crippen LogP contribution in [0.3, 0.4) is 0 Å². The van der Waals surface area contributed by atoms with Gasteiger partial charge in [0.05, 0.1) is 12.2 Å². The van der Waals surface area contributed by atoms with Gasteiger partial charge in [0.1, 0.15) is 5.78 Å². The van der Waals surface area contributed by atoms with Gasteiger partial charge in [0, 0.05) is 18.3 Å². The third-order valence-corrected chi connectivity index (χ3v) is 10.1. The van der Waals surface area contributed by atoms with E-state index in [0.717, 1.165) is 38.5 Å². The Kier molecular flexibility index (Phi) is 5.39. The van der Waals surface area contributed by atoms with E-state index in [2.05, 4.69) is 20.8 Å².